The summed E-state index contributed by atoms with van der Waals surface area (Å²) in [7, 11) is 0. The minimum absolute atomic E-state index is 0.307. The average Bonchev–Trinajstić information content (AvgIpc) is 2.71. The summed E-state index contributed by atoms with van der Waals surface area (Å²) in [4.78, 5) is 16.7. The van der Waals surface area contributed by atoms with Crippen LogP contribution in [0.2, 0.25) is 5.02 Å². The maximum Gasteiger partial charge on any atom is 0.128 e. The van der Waals surface area contributed by atoms with E-state index in [0.717, 1.165) is 11.1 Å². The molecule has 0 aliphatic rings. The van der Waals surface area contributed by atoms with Crippen LogP contribution in [0, 0.1) is 5.82 Å². The zero-order chi connectivity index (χ0) is 18.8. The molecule has 0 saturated heterocycles. The number of hydrogen-bond donors (Lipinski definition) is 1. The molecule has 0 amide bonds. The summed E-state index contributed by atoms with van der Waals surface area (Å²) < 4.78 is 14.5. The first kappa shape index (κ1) is 17.3. The molecule has 0 spiro atoms. The fourth-order valence-electron chi connectivity index (χ4n) is 2.93. The SMILES string of the molecule is CC(Nc1c(Cl)cnc2cccnc12)c1cc(-c2cncnc2)ccc1F. The van der Waals surface area contributed by atoms with E-state index >= 15 is 0 Å². The van der Waals surface area contributed by atoms with E-state index in [0.29, 0.717) is 27.3 Å². The monoisotopic (exact) mass is 379 g/mol. The van der Waals surface area contributed by atoms with E-state index in [2.05, 4.69) is 25.3 Å². The Morgan fingerprint density at radius 1 is 1.04 bits per heavy atom. The van der Waals surface area contributed by atoms with Crippen LogP contribution < -0.4 is 5.32 Å². The van der Waals surface area contributed by atoms with Crippen molar-refractivity contribution < 1.29 is 4.39 Å². The summed E-state index contributed by atoms with van der Waals surface area (Å²) in [6.07, 6.45) is 8.09. The maximum absolute atomic E-state index is 14.5. The van der Waals surface area contributed by atoms with Crippen molar-refractivity contribution in [2.75, 3.05) is 5.32 Å². The molecule has 27 heavy (non-hydrogen) atoms. The third-order valence-electron chi connectivity index (χ3n) is 4.30. The van der Waals surface area contributed by atoms with E-state index in [1.54, 1.807) is 36.9 Å². The fraction of sp³-hybridized carbons (Fsp3) is 0.100. The van der Waals surface area contributed by atoms with Gasteiger partial charge in [-0.15, -0.1) is 0 Å². The number of rotatable bonds is 4. The maximum atomic E-state index is 14.5. The molecule has 1 N–H and O–H groups in total. The van der Waals surface area contributed by atoms with E-state index in [1.807, 2.05) is 19.1 Å². The Kier molecular flexibility index (Phi) is 4.64. The second kappa shape index (κ2) is 7.25. The summed E-state index contributed by atoms with van der Waals surface area (Å²) >= 11 is 6.33. The summed E-state index contributed by atoms with van der Waals surface area (Å²) in [5.74, 6) is -0.307. The lowest BCUT2D eigenvalue weighted by molar-refractivity contribution is 0.600. The highest BCUT2D eigenvalue weighted by molar-refractivity contribution is 6.34. The molecule has 0 radical (unpaired) electrons. The molecule has 0 aliphatic heterocycles. The number of pyridine rings is 2. The van der Waals surface area contributed by atoms with Crippen molar-refractivity contribution in [3.8, 4) is 11.1 Å². The van der Waals surface area contributed by atoms with E-state index in [4.69, 9.17) is 11.6 Å². The highest BCUT2D eigenvalue weighted by Gasteiger charge is 2.16. The highest BCUT2D eigenvalue weighted by Crippen LogP contribution is 2.33. The number of benzene rings is 1. The topological polar surface area (TPSA) is 63.6 Å². The van der Waals surface area contributed by atoms with E-state index in [9.17, 15) is 4.39 Å². The van der Waals surface area contributed by atoms with Crippen LogP contribution in [0.4, 0.5) is 10.1 Å². The first-order chi connectivity index (χ1) is 13.1. The molecular weight excluding hydrogens is 365 g/mol. The number of aromatic nitrogens is 4. The first-order valence-corrected chi connectivity index (χ1v) is 8.72. The first-order valence-electron chi connectivity index (χ1n) is 8.34. The molecule has 1 aromatic carbocycles. The Labute approximate surface area is 160 Å². The van der Waals surface area contributed by atoms with Crippen LogP contribution in [0.15, 0.2) is 61.4 Å². The smallest absolute Gasteiger partial charge is 0.128 e. The highest BCUT2D eigenvalue weighted by atomic mass is 35.5. The quantitative estimate of drug-likeness (QED) is 0.537. The Bertz CT molecular complexity index is 1100. The van der Waals surface area contributed by atoms with Gasteiger partial charge >= 0.3 is 0 Å². The average molecular weight is 380 g/mol. The molecule has 3 aromatic heterocycles. The van der Waals surface area contributed by atoms with Gasteiger partial charge in [0.25, 0.3) is 0 Å². The second-order valence-electron chi connectivity index (χ2n) is 6.08. The molecule has 4 rings (SSSR count). The molecule has 1 unspecified atom stereocenters. The van der Waals surface area contributed by atoms with Crippen LogP contribution in [0.25, 0.3) is 22.2 Å². The Balaban J connectivity index is 1.72. The van der Waals surface area contributed by atoms with E-state index < -0.39 is 0 Å². The van der Waals surface area contributed by atoms with Gasteiger partial charge in [-0.2, -0.15) is 0 Å². The molecule has 5 nitrogen and oxygen atoms in total. The molecule has 0 fully saturated rings. The van der Waals surface area contributed by atoms with E-state index in [-0.39, 0.29) is 11.9 Å². The van der Waals surface area contributed by atoms with Gasteiger partial charge in [-0.25, -0.2) is 14.4 Å². The van der Waals surface area contributed by atoms with Crippen molar-refractivity contribution in [1.29, 1.82) is 0 Å². The minimum atomic E-state index is -0.348. The van der Waals surface area contributed by atoms with Crippen molar-refractivity contribution in [1.82, 2.24) is 19.9 Å². The largest absolute Gasteiger partial charge is 0.375 e. The molecular formula is C20H15ClFN5. The zero-order valence-electron chi connectivity index (χ0n) is 14.4. The fourth-order valence-corrected chi connectivity index (χ4v) is 3.13. The standard InChI is InChI=1S/C20H15ClFN5/c1-12(27-19-16(21)10-26-18-3-2-6-25-20(18)19)15-7-13(4-5-17(15)22)14-8-23-11-24-9-14/h2-12H,1H3,(H,26,27). The van der Waals surface area contributed by atoms with Gasteiger partial charge in [0, 0.05) is 35.9 Å². The van der Waals surface area contributed by atoms with Gasteiger partial charge < -0.3 is 5.32 Å². The molecule has 7 heteroatoms. The summed E-state index contributed by atoms with van der Waals surface area (Å²) in [5, 5.41) is 3.71. The van der Waals surface area contributed by atoms with Gasteiger partial charge in [-0.05, 0) is 36.8 Å². The van der Waals surface area contributed by atoms with Crippen molar-refractivity contribution in [2.45, 2.75) is 13.0 Å². The number of fused-ring (bicyclic) bond motifs is 1. The van der Waals surface area contributed by atoms with Gasteiger partial charge in [-0.3, -0.25) is 9.97 Å². The lowest BCUT2D eigenvalue weighted by Gasteiger charge is -2.19. The summed E-state index contributed by atoms with van der Waals surface area (Å²) in [5.41, 5.74) is 4.15. The van der Waals surface area contributed by atoms with Gasteiger partial charge in [-0.1, -0.05) is 17.7 Å². The van der Waals surface area contributed by atoms with Crippen LogP contribution in [-0.4, -0.2) is 19.9 Å². The van der Waals surface area contributed by atoms with Gasteiger partial charge in [0.05, 0.1) is 22.3 Å². The third kappa shape index (κ3) is 3.44. The molecule has 3 heterocycles. The van der Waals surface area contributed by atoms with Gasteiger partial charge in [0.2, 0.25) is 0 Å². The normalized spacial score (nSPS) is 12.1. The van der Waals surface area contributed by atoms with Crippen molar-refractivity contribution in [3.05, 3.63) is 77.8 Å². The van der Waals surface area contributed by atoms with E-state index in [1.165, 1.54) is 12.4 Å². The Morgan fingerprint density at radius 2 is 1.85 bits per heavy atom. The minimum Gasteiger partial charge on any atom is -0.375 e. The van der Waals surface area contributed by atoms with Gasteiger partial charge in [0.1, 0.15) is 17.7 Å². The Hall–Kier alpha value is -3.12. The number of anilines is 1. The lowest BCUT2D eigenvalue weighted by Crippen LogP contribution is -2.10. The van der Waals surface area contributed by atoms with Crippen LogP contribution >= 0.6 is 11.6 Å². The molecule has 1 atom stereocenters. The molecule has 0 bridgehead atoms. The second-order valence-corrected chi connectivity index (χ2v) is 6.49. The van der Waals surface area contributed by atoms with Crippen molar-refractivity contribution in [3.63, 3.8) is 0 Å². The third-order valence-corrected chi connectivity index (χ3v) is 4.58. The van der Waals surface area contributed by atoms with Crippen LogP contribution in [0.5, 0.6) is 0 Å². The van der Waals surface area contributed by atoms with Crippen molar-refractivity contribution in [2.24, 2.45) is 0 Å². The number of hydrogen-bond acceptors (Lipinski definition) is 5. The molecule has 4 aromatic rings. The number of nitrogens with one attached hydrogen (secondary N) is 1. The predicted octanol–water partition coefficient (Wildman–Crippen LogP) is 5.05. The van der Waals surface area contributed by atoms with Gasteiger partial charge in [0.15, 0.2) is 0 Å². The number of nitrogens with zero attached hydrogens (tertiary/aromatic N) is 4. The lowest BCUT2D eigenvalue weighted by atomic mass is 10.0. The molecule has 134 valence electrons. The van der Waals surface area contributed by atoms with Crippen LogP contribution in [0.1, 0.15) is 18.5 Å². The van der Waals surface area contributed by atoms with Crippen LogP contribution in [0.3, 0.4) is 0 Å². The molecule has 0 aliphatic carbocycles. The summed E-state index contributed by atoms with van der Waals surface area (Å²) in [6, 6.07) is 8.25. The van der Waals surface area contributed by atoms with Crippen LogP contribution in [-0.2, 0) is 0 Å². The zero-order valence-corrected chi connectivity index (χ0v) is 15.2. The predicted molar refractivity (Wildman–Crippen MR) is 104 cm³/mol. The summed E-state index contributed by atoms with van der Waals surface area (Å²) in [6.45, 7) is 1.87. The number of halogens is 2. The van der Waals surface area contributed by atoms with Crippen molar-refractivity contribution >= 4 is 28.3 Å². The Morgan fingerprint density at radius 3 is 2.67 bits per heavy atom. The molecule has 0 saturated carbocycles.